The van der Waals surface area contributed by atoms with E-state index in [0.717, 1.165) is 18.2 Å². The van der Waals surface area contributed by atoms with Crippen molar-refractivity contribution in [1.29, 1.82) is 0 Å². The molecule has 0 bridgehead atoms. The SMILES string of the molecule is Cc1cccc(CCNc2nc(NN)ncc2[N+](=O)[O-])c1. The van der Waals surface area contributed by atoms with Crippen LogP contribution >= 0.6 is 0 Å². The molecule has 0 saturated heterocycles. The first-order valence-corrected chi connectivity index (χ1v) is 6.37. The Morgan fingerprint density at radius 3 is 2.90 bits per heavy atom. The predicted octanol–water partition coefficient (Wildman–Crippen LogP) is 1.63. The number of hydrogen-bond donors (Lipinski definition) is 3. The second kappa shape index (κ2) is 6.62. The number of hydrazine groups is 1. The lowest BCUT2D eigenvalue weighted by molar-refractivity contribution is -0.384. The van der Waals surface area contributed by atoms with Crippen molar-refractivity contribution < 1.29 is 4.92 Å². The summed E-state index contributed by atoms with van der Waals surface area (Å²) in [6.07, 6.45) is 1.85. The Hall–Kier alpha value is -2.74. The quantitative estimate of drug-likeness (QED) is 0.420. The number of nitrogens with zero attached hydrogens (tertiary/aromatic N) is 3. The Morgan fingerprint density at radius 2 is 2.24 bits per heavy atom. The molecular formula is C13H16N6O2. The molecule has 2 aromatic rings. The first kappa shape index (κ1) is 14.7. The van der Waals surface area contributed by atoms with Gasteiger partial charge in [0.1, 0.15) is 6.20 Å². The first-order valence-electron chi connectivity index (χ1n) is 6.37. The summed E-state index contributed by atoms with van der Waals surface area (Å²) in [7, 11) is 0. The second-order valence-corrected chi connectivity index (χ2v) is 4.49. The van der Waals surface area contributed by atoms with Crippen molar-refractivity contribution in [2.24, 2.45) is 5.84 Å². The number of benzene rings is 1. The molecule has 1 aromatic carbocycles. The van der Waals surface area contributed by atoms with E-state index in [1.807, 2.05) is 25.1 Å². The van der Waals surface area contributed by atoms with Crippen LogP contribution in [0.3, 0.4) is 0 Å². The number of aryl methyl sites for hydroxylation is 1. The third-order valence-electron chi connectivity index (χ3n) is 2.88. The molecule has 0 aliphatic rings. The number of hydrogen-bond acceptors (Lipinski definition) is 7. The zero-order valence-corrected chi connectivity index (χ0v) is 11.5. The van der Waals surface area contributed by atoms with Crippen LogP contribution < -0.4 is 16.6 Å². The van der Waals surface area contributed by atoms with Crippen molar-refractivity contribution in [3.63, 3.8) is 0 Å². The molecule has 0 unspecified atom stereocenters. The maximum Gasteiger partial charge on any atom is 0.329 e. The van der Waals surface area contributed by atoms with Crippen molar-refractivity contribution >= 4 is 17.5 Å². The fourth-order valence-corrected chi connectivity index (χ4v) is 1.90. The Bertz CT molecular complexity index is 646. The molecule has 21 heavy (non-hydrogen) atoms. The molecule has 0 amide bonds. The van der Waals surface area contributed by atoms with E-state index in [2.05, 4.69) is 26.8 Å². The van der Waals surface area contributed by atoms with Crippen LogP contribution in [0, 0.1) is 17.0 Å². The van der Waals surface area contributed by atoms with Gasteiger partial charge >= 0.3 is 5.69 Å². The maximum atomic E-state index is 10.9. The van der Waals surface area contributed by atoms with Gasteiger partial charge in [-0.2, -0.15) is 4.98 Å². The van der Waals surface area contributed by atoms with Gasteiger partial charge in [0.25, 0.3) is 0 Å². The standard InChI is InChI=1S/C13H16N6O2/c1-9-3-2-4-10(7-9)5-6-15-12-11(19(20)21)8-16-13(17-12)18-14/h2-4,7-8H,5-6,14H2,1H3,(H2,15,16,17,18). The molecule has 1 aromatic heterocycles. The number of aromatic nitrogens is 2. The number of nitrogens with two attached hydrogens (primary N) is 1. The Labute approximate surface area is 121 Å². The average Bonchev–Trinajstić information content (AvgIpc) is 2.47. The van der Waals surface area contributed by atoms with Crippen LogP contribution in [-0.4, -0.2) is 21.4 Å². The summed E-state index contributed by atoms with van der Waals surface area (Å²) in [6.45, 7) is 2.54. The smallest absolute Gasteiger partial charge is 0.329 e. The predicted molar refractivity (Wildman–Crippen MR) is 79.9 cm³/mol. The van der Waals surface area contributed by atoms with E-state index in [1.54, 1.807) is 0 Å². The van der Waals surface area contributed by atoms with E-state index in [-0.39, 0.29) is 17.5 Å². The lowest BCUT2D eigenvalue weighted by Gasteiger charge is -2.08. The van der Waals surface area contributed by atoms with E-state index in [1.165, 1.54) is 5.56 Å². The van der Waals surface area contributed by atoms with Crippen LogP contribution in [0.5, 0.6) is 0 Å². The van der Waals surface area contributed by atoms with Crippen molar-refractivity contribution in [2.75, 3.05) is 17.3 Å². The van der Waals surface area contributed by atoms with E-state index in [9.17, 15) is 10.1 Å². The summed E-state index contributed by atoms with van der Waals surface area (Å²) in [5.41, 5.74) is 4.41. The monoisotopic (exact) mass is 288 g/mol. The highest BCUT2D eigenvalue weighted by Crippen LogP contribution is 2.21. The van der Waals surface area contributed by atoms with E-state index in [0.29, 0.717) is 6.54 Å². The normalized spacial score (nSPS) is 10.2. The van der Waals surface area contributed by atoms with Crippen LogP contribution in [0.15, 0.2) is 30.5 Å². The number of nitro groups is 1. The van der Waals surface area contributed by atoms with Gasteiger partial charge in [0.15, 0.2) is 0 Å². The molecule has 0 fully saturated rings. The molecule has 1 heterocycles. The van der Waals surface area contributed by atoms with Crippen LogP contribution in [0.4, 0.5) is 17.5 Å². The fraction of sp³-hybridized carbons (Fsp3) is 0.231. The molecule has 2 rings (SSSR count). The summed E-state index contributed by atoms with van der Waals surface area (Å²) >= 11 is 0. The third kappa shape index (κ3) is 3.86. The van der Waals surface area contributed by atoms with Crippen LogP contribution in [-0.2, 0) is 6.42 Å². The highest BCUT2D eigenvalue weighted by atomic mass is 16.6. The zero-order chi connectivity index (χ0) is 15.2. The molecule has 0 atom stereocenters. The number of rotatable bonds is 6. The van der Waals surface area contributed by atoms with Gasteiger partial charge in [0, 0.05) is 6.54 Å². The number of anilines is 2. The van der Waals surface area contributed by atoms with Crippen LogP contribution in [0.1, 0.15) is 11.1 Å². The molecule has 8 nitrogen and oxygen atoms in total. The Kier molecular flexibility index (Phi) is 4.62. The summed E-state index contributed by atoms with van der Waals surface area (Å²) in [5.74, 6) is 5.48. The van der Waals surface area contributed by atoms with Crippen molar-refractivity contribution in [3.8, 4) is 0 Å². The molecule has 8 heteroatoms. The van der Waals surface area contributed by atoms with E-state index >= 15 is 0 Å². The Balaban J connectivity index is 2.06. The third-order valence-corrected chi connectivity index (χ3v) is 2.88. The minimum atomic E-state index is -0.532. The zero-order valence-electron chi connectivity index (χ0n) is 11.5. The van der Waals surface area contributed by atoms with E-state index < -0.39 is 4.92 Å². The average molecular weight is 288 g/mol. The van der Waals surface area contributed by atoms with Gasteiger partial charge in [-0.3, -0.25) is 15.5 Å². The summed E-state index contributed by atoms with van der Waals surface area (Å²) in [5, 5.41) is 13.9. The van der Waals surface area contributed by atoms with Crippen molar-refractivity contribution in [1.82, 2.24) is 9.97 Å². The largest absolute Gasteiger partial charge is 0.364 e. The first-order chi connectivity index (χ1) is 10.1. The molecule has 0 saturated carbocycles. The van der Waals surface area contributed by atoms with Crippen LogP contribution in [0.25, 0.3) is 0 Å². The lowest BCUT2D eigenvalue weighted by Crippen LogP contribution is -2.14. The molecule has 0 aliphatic heterocycles. The van der Waals surface area contributed by atoms with Gasteiger partial charge in [-0.25, -0.2) is 10.8 Å². The summed E-state index contributed by atoms with van der Waals surface area (Å²) in [6, 6.07) is 8.08. The molecule has 4 N–H and O–H groups in total. The van der Waals surface area contributed by atoms with Gasteiger partial charge < -0.3 is 5.32 Å². The van der Waals surface area contributed by atoms with Crippen LogP contribution in [0.2, 0.25) is 0 Å². The Morgan fingerprint density at radius 1 is 1.43 bits per heavy atom. The van der Waals surface area contributed by atoms with Gasteiger partial charge in [-0.1, -0.05) is 29.8 Å². The minimum Gasteiger partial charge on any atom is -0.364 e. The molecule has 0 spiro atoms. The van der Waals surface area contributed by atoms with Crippen molar-refractivity contribution in [3.05, 3.63) is 51.7 Å². The number of nitrogen functional groups attached to an aromatic ring is 1. The highest BCUT2D eigenvalue weighted by molar-refractivity contribution is 5.56. The van der Waals surface area contributed by atoms with Gasteiger partial charge in [0.2, 0.25) is 11.8 Å². The summed E-state index contributed by atoms with van der Waals surface area (Å²) < 4.78 is 0. The highest BCUT2D eigenvalue weighted by Gasteiger charge is 2.16. The molecule has 110 valence electrons. The minimum absolute atomic E-state index is 0.124. The molecule has 0 aliphatic carbocycles. The second-order valence-electron chi connectivity index (χ2n) is 4.49. The van der Waals surface area contributed by atoms with Gasteiger partial charge in [-0.15, -0.1) is 0 Å². The maximum absolute atomic E-state index is 10.9. The number of nitrogens with one attached hydrogen (secondary N) is 2. The summed E-state index contributed by atoms with van der Waals surface area (Å²) in [4.78, 5) is 18.1. The molecule has 0 radical (unpaired) electrons. The van der Waals surface area contributed by atoms with Gasteiger partial charge in [-0.05, 0) is 18.9 Å². The topological polar surface area (TPSA) is 119 Å². The fourth-order valence-electron chi connectivity index (χ4n) is 1.90. The van der Waals surface area contributed by atoms with E-state index in [4.69, 9.17) is 5.84 Å². The van der Waals surface area contributed by atoms with Crippen molar-refractivity contribution in [2.45, 2.75) is 13.3 Å². The lowest BCUT2D eigenvalue weighted by atomic mass is 10.1. The van der Waals surface area contributed by atoms with Gasteiger partial charge in [0.05, 0.1) is 4.92 Å². The molecular weight excluding hydrogens is 272 g/mol.